The summed E-state index contributed by atoms with van der Waals surface area (Å²) in [5.41, 5.74) is 1.20. The molecule has 0 bridgehead atoms. The monoisotopic (exact) mass is 314 g/mol. The van der Waals surface area contributed by atoms with Gasteiger partial charge in [-0.15, -0.1) is 0 Å². The third-order valence-electron chi connectivity index (χ3n) is 4.28. The fraction of sp³-hybridized carbons (Fsp3) is 0.389. The first-order valence-corrected chi connectivity index (χ1v) is 7.63. The van der Waals surface area contributed by atoms with Crippen LogP contribution >= 0.6 is 0 Å². The van der Waals surface area contributed by atoms with E-state index in [-0.39, 0.29) is 18.2 Å². The topological polar surface area (TPSA) is 79.3 Å². The van der Waals surface area contributed by atoms with Gasteiger partial charge in [-0.05, 0) is 31.9 Å². The van der Waals surface area contributed by atoms with E-state index in [4.69, 9.17) is 5.11 Å². The second-order valence-electron chi connectivity index (χ2n) is 6.43. The van der Waals surface area contributed by atoms with Crippen molar-refractivity contribution in [3.8, 4) is 0 Å². The predicted octanol–water partition coefficient (Wildman–Crippen LogP) is 3.16. The summed E-state index contributed by atoms with van der Waals surface area (Å²) in [5, 5.41) is 12.8. The van der Waals surface area contributed by atoms with Crippen LogP contribution in [0.1, 0.15) is 43.2 Å². The molecular formula is C18H22N2O3. The Morgan fingerprint density at radius 1 is 1.30 bits per heavy atom. The minimum Gasteiger partial charge on any atom is -0.481 e. The minimum absolute atomic E-state index is 0.0169. The first kappa shape index (κ1) is 16.9. The summed E-state index contributed by atoms with van der Waals surface area (Å²) in [4.78, 5) is 28.3. The molecule has 0 fully saturated rings. The average Bonchev–Trinajstić information content (AvgIpc) is 2.45. The van der Waals surface area contributed by atoms with E-state index >= 15 is 0 Å². The number of aryl methyl sites for hydroxylation is 1. The molecule has 1 amide bonds. The van der Waals surface area contributed by atoms with E-state index in [0.717, 1.165) is 16.6 Å². The van der Waals surface area contributed by atoms with E-state index in [0.29, 0.717) is 5.56 Å². The summed E-state index contributed by atoms with van der Waals surface area (Å²) in [6.07, 6.45) is -0.127. The van der Waals surface area contributed by atoms with Crippen LogP contribution in [0.25, 0.3) is 10.9 Å². The van der Waals surface area contributed by atoms with E-state index < -0.39 is 11.5 Å². The number of pyridine rings is 1. The lowest BCUT2D eigenvalue weighted by atomic mass is 9.85. The number of nitrogens with zero attached hydrogens (tertiary/aromatic N) is 1. The van der Waals surface area contributed by atoms with Crippen LogP contribution in [0, 0.1) is 12.8 Å². The Bertz CT molecular complexity index is 755. The van der Waals surface area contributed by atoms with Crippen LogP contribution in [0.5, 0.6) is 0 Å². The molecule has 23 heavy (non-hydrogen) atoms. The number of aromatic nitrogens is 1. The van der Waals surface area contributed by atoms with E-state index in [9.17, 15) is 9.59 Å². The molecule has 0 aliphatic heterocycles. The second-order valence-corrected chi connectivity index (χ2v) is 6.43. The number of para-hydroxylation sites is 1. The van der Waals surface area contributed by atoms with Crippen molar-refractivity contribution in [1.29, 1.82) is 0 Å². The highest BCUT2D eigenvalue weighted by molar-refractivity contribution is 6.06. The van der Waals surface area contributed by atoms with Gasteiger partial charge < -0.3 is 10.4 Å². The predicted molar refractivity (Wildman–Crippen MR) is 89.4 cm³/mol. The fourth-order valence-corrected chi connectivity index (χ4v) is 2.53. The quantitative estimate of drug-likeness (QED) is 0.888. The summed E-state index contributed by atoms with van der Waals surface area (Å²) >= 11 is 0. The highest BCUT2D eigenvalue weighted by Gasteiger charge is 2.33. The molecule has 5 heteroatoms. The molecule has 1 unspecified atom stereocenters. The molecule has 122 valence electrons. The normalized spacial score (nSPS) is 13.8. The molecule has 2 N–H and O–H groups in total. The molecule has 0 saturated carbocycles. The third-order valence-corrected chi connectivity index (χ3v) is 4.28. The zero-order valence-electron chi connectivity index (χ0n) is 13.9. The molecule has 2 aromatic rings. The van der Waals surface area contributed by atoms with Gasteiger partial charge in [-0.2, -0.15) is 0 Å². The number of nitrogens with one attached hydrogen (secondary N) is 1. The molecule has 0 aliphatic rings. The van der Waals surface area contributed by atoms with Crippen molar-refractivity contribution in [3.63, 3.8) is 0 Å². The van der Waals surface area contributed by atoms with Crippen LogP contribution < -0.4 is 5.32 Å². The summed E-state index contributed by atoms with van der Waals surface area (Å²) < 4.78 is 0. The number of rotatable bonds is 5. The summed E-state index contributed by atoms with van der Waals surface area (Å²) in [6, 6.07) is 9.17. The maximum Gasteiger partial charge on any atom is 0.305 e. The minimum atomic E-state index is -0.933. The number of benzene rings is 1. The van der Waals surface area contributed by atoms with Crippen LogP contribution in [-0.4, -0.2) is 27.5 Å². The summed E-state index contributed by atoms with van der Waals surface area (Å²) in [5.74, 6) is -1.22. The summed E-state index contributed by atoms with van der Waals surface area (Å²) in [6.45, 7) is 7.40. The molecule has 0 spiro atoms. The smallest absolute Gasteiger partial charge is 0.305 e. The molecule has 5 nitrogen and oxygen atoms in total. The molecule has 0 saturated heterocycles. The number of carboxylic acids is 1. The Balaban J connectivity index is 2.42. The van der Waals surface area contributed by atoms with Crippen LogP contribution in [0.15, 0.2) is 30.3 Å². The first-order chi connectivity index (χ1) is 10.7. The molecule has 1 aromatic heterocycles. The van der Waals surface area contributed by atoms with Crippen molar-refractivity contribution in [2.45, 2.75) is 39.7 Å². The lowest BCUT2D eigenvalue weighted by Crippen LogP contribution is -2.51. The zero-order chi connectivity index (χ0) is 17.2. The van der Waals surface area contributed by atoms with Crippen LogP contribution in [-0.2, 0) is 4.79 Å². The number of carbonyl (C=O) groups is 2. The number of carboxylic acid groups (broad SMARTS) is 1. The van der Waals surface area contributed by atoms with E-state index in [1.807, 2.05) is 45.0 Å². The zero-order valence-corrected chi connectivity index (χ0v) is 13.9. The van der Waals surface area contributed by atoms with Crippen molar-refractivity contribution in [3.05, 3.63) is 41.6 Å². The third kappa shape index (κ3) is 3.67. The molecule has 2 rings (SSSR count). The van der Waals surface area contributed by atoms with Gasteiger partial charge in [-0.1, -0.05) is 32.0 Å². The van der Waals surface area contributed by atoms with Gasteiger partial charge in [0.05, 0.1) is 23.0 Å². The Morgan fingerprint density at radius 3 is 2.57 bits per heavy atom. The highest BCUT2D eigenvalue weighted by atomic mass is 16.4. The molecule has 0 aliphatic carbocycles. The number of amides is 1. The largest absolute Gasteiger partial charge is 0.481 e. The lowest BCUT2D eigenvalue weighted by molar-refractivity contribution is -0.138. The van der Waals surface area contributed by atoms with Gasteiger partial charge in [0.2, 0.25) is 0 Å². The van der Waals surface area contributed by atoms with Gasteiger partial charge in [0.15, 0.2) is 0 Å². The van der Waals surface area contributed by atoms with Gasteiger partial charge in [0.25, 0.3) is 5.91 Å². The highest BCUT2D eigenvalue weighted by Crippen LogP contribution is 2.24. The maximum absolute atomic E-state index is 12.8. The molecular weight excluding hydrogens is 292 g/mol. The number of aliphatic carboxylic acids is 1. The Hall–Kier alpha value is -2.43. The van der Waals surface area contributed by atoms with Crippen molar-refractivity contribution < 1.29 is 14.7 Å². The Labute approximate surface area is 135 Å². The SMILES string of the molecule is Cc1cc(C(=O)NC(C)(CC(=O)O)C(C)C)c2ccccc2n1. The van der Waals surface area contributed by atoms with Crippen molar-refractivity contribution >= 4 is 22.8 Å². The van der Waals surface area contributed by atoms with Crippen molar-refractivity contribution in [2.75, 3.05) is 0 Å². The number of hydrogen-bond acceptors (Lipinski definition) is 3. The van der Waals surface area contributed by atoms with E-state index in [2.05, 4.69) is 10.3 Å². The van der Waals surface area contributed by atoms with E-state index in [1.165, 1.54) is 0 Å². The van der Waals surface area contributed by atoms with Gasteiger partial charge in [0.1, 0.15) is 0 Å². The summed E-state index contributed by atoms with van der Waals surface area (Å²) in [7, 11) is 0. The first-order valence-electron chi connectivity index (χ1n) is 7.63. The number of carbonyl (C=O) groups excluding carboxylic acids is 1. The van der Waals surface area contributed by atoms with Crippen LogP contribution in [0.4, 0.5) is 0 Å². The second kappa shape index (κ2) is 6.36. The van der Waals surface area contributed by atoms with Crippen LogP contribution in [0.3, 0.4) is 0 Å². The van der Waals surface area contributed by atoms with Gasteiger partial charge in [-0.3, -0.25) is 14.6 Å². The molecule has 1 aromatic carbocycles. The van der Waals surface area contributed by atoms with E-state index in [1.54, 1.807) is 13.0 Å². The standard InChI is InChI=1S/C18H22N2O3/c1-11(2)18(4,10-16(21)22)20-17(23)14-9-12(3)19-15-8-6-5-7-13(14)15/h5-9,11H,10H2,1-4H3,(H,20,23)(H,21,22). The Morgan fingerprint density at radius 2 is 1.96 bits per heavy atom. The van der Waals surface area contributed by atoms with Gasteiger partial charge in [0, 0.05) is 11.1 Å². The molecule has 1 atom stereocenters. The van der Waals surface area contributed by atoms with Gasteiger partial charge in [-0.25, -0.2) is 0 Å². The average molecular weight is 314 g/mol. The lowest BCUT2D eigenvalue weighted by Gasteiger charge is -2.33. The van der Waals surface area contributed by atoms with Crippen molar-refractivity contribution in [2.24, 2.45) is 5.92 Å². The Kier molecular flexibility index (Phi) is 4.68. The molecule has 0 radical (unpaired) electrons. The number of fused-ring (bicyclic) bond motifs is 1. The van der Waals surface area contributed by atoms with Gasteiger partial charge >= 0.3 is 5.97 Å². The van der Waals surface area contributed by atoms with Crippen LogP contribution in [0.2, 0.25) is 0 Å². The van der Waals surface area contributed by atoms with Crippen molar-refractivity contribution in [1.82, 2.24) is 10.3 Å². The molecule has 1 heterocycles. The maximum atomic E-state index is 12.8. The number of hydrogen-bond donors (Lipinski definition) is 2. The fourth-order valence-electron chi connectivity index (χ4n) is 2.53.